The average Bonchev–Trinajstić information content (AvgIpc) is 1.87. The van der Waals surface area contributed by atoms with Crippen molar-refractivity contribution >= 4 is 5.91 Å². The predicted octanol–water partition coefficient (Wildman–Crippen LogP) is 0.634. The smallest absolute Gasteiger partial charge is 0.247 e. The first-order chi connectivity index (χ1) is 4.89. The first kappa shape index (κ1) is 10.2. The van der Waals surface area contributed by atoms with Crippen molar-refractivity contribution in [1.82, 2.24) is 10.6 Å². The third-order valence-corrected chi connectivity index (χ3v) is 1.44. The SMILES string of the molecule is C=C(C)C(=O)NC(C)(C)NC. The van der Waals surface area contributed by atoms with E-state index in [9.17, 15) is 4.79 Å². The molecule has 0 spiro atoms. The Morgan fingerprint density at radius 2 is 1.91 bits per heavy atom. The highest BCUT2D eigenvalue weighted by Crippen LogP contribution is 1.96. The van der Waals surface area contributed by atoms with Gasteiger partial charge in [-0.1, -0.05) is 6.58 Å². The normalized spacial score (nSPS) is 10.9. The van der Waals surface area contributed by atoms with Crippen LogP contribution in [0.2, 0.25) is 0 Å². The molecule has 0 aliphatic rings. The van der Waals surface area contributed by atoms with Gasteiger partial charge in [0.2, 0.25) is 5.91 Å². The Morgan fingerprint density at radius 1 is 1.45 bits per heavy atom. The zero-order chi connectivity index (χ0) is 9.07. The van der Waals surface area contributed by atoms with Crippen LogP contribution in [0.15, 0.2) is 12.2 Å². The van der Waals surface area contributed by atoms with Gasteiger partial charge in [-0.15, -0.1) is 0 Å². The summed E-state index contributed by atoms with van der Waals surface area (Å²) in [7, 11) is 1.79. The molecule has 3 nitrogen and oxygen atoms in total. The van der Waals surface area contributed by atoms with Crippen LogP contribution in [0.1, 0.15) is 20.8 Å². The molecule has 3 heteroatoms. The fraction of sp³-hybridized carbons (Fsp3) is 0.625. The summed E-state index contributed by atoms with van der Waals surface area (Å²) in [5, 5.41) is 5.71. The predicted molar refractivity (Wildman–Crippen MR) is 46.1 cm³/mol. The lowest BCUT2D eigenvalue weighted by molar-refractivity contribution is -0.119. The second kappa shape index (κ2) is 3.53. The van der Waals surface area contributed by atoms with Crippen molar-refractivity contribution in [2.45, 2.75) is 26.4 Å². The molecule has 0 saturated heterocycles. The van der Waals surface area contributed by atoms with Crippen LogP contribution in [0.3, 0.4) is 0 Å². The fourth-order valence-corrected chi connectivity index (χ4v) is 0.453. The highest BCUT2D eigenvalue weighted by atomic mass is 16.1. The molecule has 1 amide bonds. The van der Waals surface area contributed by atoms with Crippen molar-refractivity contribution in [3.8, 4) is 0 Å². The highest BCUT2D eigenvalue weighted by molar-refractivity contribution is 5.92. The van der Waals surface area contributed by atoms with Crippen molar-refractivity contribution in [2.24, 2.45) is 0 Å². The molecule has 0 saturated carbocycles. The van der Waals surface area contributed by atoms with Gasteiger partial charge in [0.1, 0.15) is 0 Å². The van der Waals surface area contributed by atoms with E-state index in [1.54, 1.807) is 14.0 Å². The molecule has 0 aromatic carbocycles. The van der Waals surface area contributed by atoms with E-state index < -0.39 is 0 Å². The molecule has 0 radical (unpaired) electrons. The summed E-state index contributed by atoms with van der Waals surface area (Å²) >= 11 is 0. The Hall–Kier alpha value is -0.830. The minimum Gasteiger partial charge on any atom is -0.335 e. The molecule has 0 aromatic heterocycles. The molecule has 64 valence electrons. The van der Waals surface area contributed by atoms with E-state index in [2.05, 4.69) is 17.2 Å². The van der Waals surface area contributed by atoms with Crippen LogP contribution in [-0.4, -0.2) is 18.6 Å². The van der Waals surface area contributed by atoms with Gasteiger partial charge in [-0.25, -0.2) is 0 Å². The summed E-state index contributed by atoms with van der Waals surface area (Å²) in [6.45, 7) is 8.98. The molecule has 0 bridgehead atoms. The van der Waals surface area contributed by atoms with Gasteiger partial charge in [0.05, 0.1) is 5.66 Å². The van der Waals surface area contributed by atoms with E-state index in [1.807, 2.05) is 13.8 Å². The third-order valence-electron chi connectivity index (χ3n) is 1.44. The third kappa shape index (κ3) is 3.78. The summed E-state index contributed by atoms with van der Waals surface area (Å²) in [6, 6.07) is 0. The Labute approximate surface area is 67.9 Å². The minimum atomic E-state index is -0.365. The van der Waals surface area contributed by atoms with E-state index in [0.29, 0.717) is 5.57 Å². The van der Waals surface area contributed by atoms with Crippen LogP contribution < -0.4 is 10.6 Å². The van der Waals surface area contributed by atoms with Gasteiger partial charge >= 0.3 is 0 Å². The van der Waals surface area contributed by atoms with Crippen LogP contribution >= 0.6 is 0 Å². The first-order valence-corrected chi connectivity index (χ1v) is 3.56. The standard InChI is InChI=1S/C8H16N2O/c1-6(2)7(11)10-8(3,4)9-5/h9H,1H2,2-5H3,(H,10,11). The summed E-state index contributed by atoms with van der Waals surface area (Å²) in [5.74, 6) is -0.121. The molecular formula is C8H16N2O. The van der Waals surface area contributed by atoms with Crippen molar-refractivity contribution < 1.29 is 4.79 Å². The van der Waals surface area contributed by atoms with E-state index in [0.717, 1.165) is 0 Å². The Kier molecular flexibility index (Phi) is 3.26. The van der Waals surface area contributed by atoms with Crippen LogP contribution in [0, 0.1) is 0 Å². The molecule has 0 atom stereocenters. The van der Waals surface area contributed by atoms with Gasteiger partial charge in [-0.05, 0) is 27.8 Å². The largest absolute Gasteiger partial charge is 0.335 e. The maximum atomic E-state index is 11.1. The van der Waals surface area contributed by atoms with Crippen molar-refractivity contribution in [2.75, 3.05) is 7.05 Å². The maximum Gasteiger partial charge on any atom is 0.247 e. The van der Waals surface area contributed by atoms with E-state index in [4.69, 9.17) is 0 Å². The average molecular weight is 156 g/mol. The molecule has 0 rings (SSSR count). The fourth-order valence-electron chi connectivity index (χ4n) is 0.453. The van der Waals surface area contributed by atoms with E-state index >= 15 is 0 Å². The quantitative estimate of drug-likeness (QED) is 0.465. The lowest BCUT2D eigenvalue weighted by Gasteiger charge is -2.25. The molecule has 11 heavy (non-hydrogen) atoms. The van der Waals surface area contributed by atoms with Crippen LogP contribution in [0.5, 0.6) is 0 Å². The Morgan fingerprint density at radius 3 is 2.18 bits per heavy atom. The molecule has 0 fully saturated rings. The lowest BCUT2D eigenvalue weighted by Crippen LogP contribution is -2.52. The lowest BCUT2D eigenvalue weighted by atomic mass is 10.2. The van der Waals surface area contributed by atoms with Gasteiger partial charge in [-0.2, -0.15) is 0 Å². The maximum absolute atomic E-state index is 11.1. The summed E-state index contributed by atoms with van der Waals surface area (Å²) < 4.78 is 0. The molecule has 0 aliphatic carbocycles. The molecule has 2 N–H and O–H groups in total. The monoisotopic (exact) mass is 156 g/mol. The number of amides is 1. The molecule has 0 heterocycles. The summed E-state index contributed by atoms with van der Waals surface area (Å²) in [4.78, 5) is 11.1. The number of carbonyl (C=O) groups is 1. The molecular weight excluding hydrogens is 140 g/mol. The zero-order valence-corrected chi connectivity index (χ0v) is 7.62. The van der Waals surface area contributed by atoms with Gasteiger partial charge in [0.15, 0.2) is 0 Å². The molecule has 0 aromatic rings. The van der Waals surface area contributed by atoms with E-state index in [1.165, 1.54) is 0 Å². The molecule has 0 aliphatic heterocycles. The van der Waals surface area contributed by atoms with Crippen molar-refractivity contribution in [1.29, 1.82) is 0 Å². The number of carbonyl (C=O) groups excluding carboxylic acids is 1. The number of hydrogen-bond acceptors (Lipinski definition) is 2. The van der Waals surface area contributed by atoms with Gasteiger partial charge in [0.25, 0.3) is 0 Å². The van der Waals surface area contributed by atoms with Crippen LogP contribution in [-0.2, 0) is 4.79 Å². The number of nitrogens with one attached hydrogen (secondary N) is 2. The van der Waals surface area contributed by atoms with Gasteiger partial charge < -0.3 is 5.32 Å². The highest BCUT2D eigenvalue weighted by Gasteiger charge is 2.16. The van der Waals surface area contributed by atoms with Crippen LogP contribution in [0.4, 0.5) is 0 Å². The molecule has 0 unspecified atom stereocenters. The summed E-state index contributed by atoms with van der Waals surface area (Å²) in [6.07, 6.45) is 0. The van der Waals surface area contributed by atoms with Gasteiger partial charge in [0, 0.05) is 5.57 Å². The van der Waals surface area contributed by atoms with Crippen LogP contribution in [0.25, 0.3) is 0 Å². The summed E-state index contributed by atoms with van der Waals surface area (Å²) in [5.41, 5.74) is 0.157. The second-order valence-electron chi connectivity index (χ2n) is 3.11. The Balaban J connectivity index is 4.04. The topological polar surface area (TPSA) is 41.1 Å². The van der Waals surface area contributed by atoms with Gasteiger partial charge in [-0.3, -0.25) is 10.1 Å². The zero-order valence-electron chi connectivity index (χ0n) is 7.62. The van der Waals surface area contributed by atoms with E-state index in [-0.39, 0.29) is 11.6 Å². The first-order valence-electron chi connectivity index (χ1n) is 3.56. The Bertz CT molecular complexity index is 173. The second-order valence-corrected chi connectivity index (χ2v) is 3.11. The number of rotatable bonds is 3. The van der Waals surface area contributed by atoms with Crippen molar-refractivity contribution in [3.63, 3.8) is 0 Å². The minimum absolute atomic E-state index is 0.121. The van der Waals surface area contributed by atoms with Crippen molar-refractivity contribution in [3.05, 3.63) is 12.2 Å². The number of hydrogen-bond donors (Lipinski definition) is 2.